The third kappa shape index (κ3) is 3.87. The minimum absolute atomic E-state index is 0.0246. The summed E-state index contributed by atoms with van der Waals surface area (Å²) in [5.74, 6) is -0.00594. The molecule has 5 heteroatoms. The third-order valence-corrected chi connectivity index (χ3v) is 5.48. The molecule has 4 nitrogen and oxygen atoms in total. The Balaban J connectivity index is 1.36. The minimum Gasteiger partial charge on any atom is -0.361 e. The Morgan fingerprint density at radius 2 is 1.82 bits per heavy atom. The van der Waals surface area contributed by atoms with Crippen LogP contribution >= 0.6 is 11.6 Å². The van der Waals surface area contributed by atoms with Gasteiger partial charge in [-0.25, -0.2) is 0 Å². The van der Waals surface area contributed by atoms with Gasteiger partial charge >= 0.3 is 0 Å². The number of ketones is 1. The lowest BCUT2D eigenvalue weighted by Crippen LogP contribution is -2.34. The van der Waals surface area contributed by atoms with Crippen LogP contribution in [-0.2, 0) is 4.79 Å². The number of para-hydroxylation sites is 1. The van der Waals surface area contributed by atoms with E-state index in [1.165, 1.54) is 16.5 Å². The Morgan fingerprint density at radius 1 is 1.04 bits per heavy atom. The number of carbonyl (C=O) groups excluding carboxylic acids is 2. The summed E-state index contributed by atoms with van der Waals surface area (Å²) in [6.07, 6.45) is 5.43. The van der Waals surface area contributed by atoms with Crippen molar-refractivity contribution in [1.82, 2.24) is 9.88 Å². The van der Waals surface area contributed by atoms with E-state index in [4.69, 9.17) is 11.6 Å². The van der Waals surface area contributed by atoms with Crippen LogP contribution in [0, 0.1) is 0 Å². The molecule has 0 fully saturated rings. The first-order valence-corrected chi connectivity index (χ1v) is 9.81. The number of fused-ring (bicyclic) bond motifs is 1. The van der Waals surface area contributed by atoms with Crippen molar-refractivity contribution in [2.45, 2.75) is 19.3 Å². The van der Waals surface area contributed by atoms with Gasteiger partial charge in [0.2, 0.25) is 5.91 Å². The van der Waals surface area contributed by atoms with Gasteiger partial charge < -0.3 is 9.88 Å². The first-order chi connectivity index (χ1) is 13.6. The molecule has 0 saturated heterocycles. The lowest BCUT2D eigenvalue weighted by Gasteiger charge is -2.26. The van der Waals surface area contributed by atoms with Crippen LogP contribution in [0.25, 0.3) is 16.5 Å². The normalized spacial score (nSPS) is 14.2. The average molecular weight is 393 g/mol. The van der Waals surface area contributed by atoms with Crippen molar-refractivity contribution in [2.75, 3.05) is 13.1 Å². The maximum Gasteiger partial charge on any atom is 0.223 e. The number of rotatable bonds is 5. The number of halogens is 1. The van der Waals surface area contributed by atoms with E-state index in [0.717, 1.165) is 11.9 Å². The zero-order chi connectivity index (χ0) is 19.5. The number of amides is 1. The van der Waals surface area contributed by atoms with Crippen molar-refractivity contribution < 1.29 is 9.59 Å². The average Bonchev–Trinajstić information content (AvgIpc) is 3.16. The van der Waals surface area contributed by atoms with E-state index in [0.29, 0.717) is 23.7 Å². The van der Waals surface area contributed by atoms with Gasteiger partial charge in [-0.15, -0.1) is 0 Å². The third-order valence-electron chi connectivity index (χ3n) is 5.23. The summed E-state index contributed by atoms with van der Waals surface area (Å²) in [5.41, 5.74) is 4.19. The highest BCUT2D eigenvalue weighted by Crippen LogP contribution is 2.29. The molecule has 0 spiro atoms. The van der Waals surface area contributed by atoms with Crippen LogP contribution in [0.15, 0.2) is 60.8 Å². The summed E-state index contributed by atoms with van der Waals surface area (Å²) in [7, 11) is 0. The van der Waals surface area contributed by atoms with Gasteiger partial charge in [-0.05, 0) is 42.3 Å². The first kappa shape index (κ1) is 18.5. The molecule has 0 unspecified atom stereocenters. The number of aromatic amines is 1. The van der Waals surface area contributed by atoms with E-state index in [1.54, 1.807) is 24.3 Å². The fourth-order valence-corrected chi connectivity index (χ4v) is 3.76. The molecule has 1 aromatic heterocycles. The molecular formula is C23H21ClN2O2. The van der Waals surface area contributed by atoms with Gasteiger partial charge in [0.05, 0.1) is 0 Å². The fourth-order valence-electron chi connectivity index (χ4n) is 3.64. The van der Waals surface area contributed by atoms with Crippen LogP contribution in [0.2, 0.25) is 5.02 Å². The second kappa shape index (κ2) is 8.03. The first-order valence-electron chi connectivity index (χ1n) is 9.44. The molecule has 3 aromatic rings. The van der Waals surface area contributed by atoms with Crippen molar-refractivity contribution >= 4 is 39.8 Å². The van der Waals surface area contributed by atoms with Crippen molar-refractivity contribution in [1.29, 1.82) is 0 Å². The van der Waals surface area contributed by atoms with Crippen LogP contribution < -0.4 is 0 Å². The monoisotopic (exact) mass is 392 g/mol. The van der Waals surface area contributed by atoms with E-state index in [2.05, 4.69) is 23.2 Å². The van der Waals surface area contributed by atoms with Gasteiger partial charge in [0, 0.05) is 59.2 Å². The summed E-state index contributed by atoms with van der Waals surface area (Å²) in [5, 5.41) is 1.81. The summed E-state index contributed by atoms with van der Waals surface area (Å²) in [4.78, 5) is 29.9. The predicted octanol–water partition coefficient (Wildman–Crippen LogP) is 5.10. The van der Waals surface area contributed by atoms with Crippen LogP contribution in [-0.4, -0.2) is 34.7 Å². The number of aromatic nitrogens is 1. The van der Waals surface area contributed by atoms with Crippen molar-refractivity contribution in [2.24, 2.45) is 0 Å². The number of benzene rings is 2. The summed E-state index contributed by atoms with van der Waals surface area (Å²) >= 11 is 5.85. The molecule has 2 aromatic carbocycles. The van der Waals surface area contributed by atoms with E-state index in [1.807, 2.05) is 23.2 Å². The summed E-state index contributed by atoms with van der Waals surface area (Å²) in [6, 6.07) is 15.0. The number of nitrogens with zero attached hydrogens (tertiary/aromatic N) is 1. The number of hydrogen-bond acceptors (Lipinski definition) is 2. The Bertz CT molecular complexity index is 1050. The highest BCUT2D eigenvalue weighted by atomic mass is 35.5. The summed E-state index contributed by atoms with van der Waals surface area (Å²) in [6.45, 7) is 1.27. The molecule has 1 aliphatic heterocycles. The second-order valence-corrected chi connectivity index (χ2v) is 7.43. The maximum absolute atomic E-state index is 12.5. The van der Waals surface area contributed by atoms with Crippen molar-refractivity contribution in [3.05, 3.63) is 77.0 Å². The number of carbonyl (C=O) groups is 2. The van der Waals surface area contributed by atoms with Crippen LogP contribution in [0.5, 0.6) is 0 Å². The quantitative estimate of drug-likeness (QED) is 0.614. The van der Waals surface area contributed by atoms with Crippen LogP contribution in [0.3, 0.4) is 0 Å². The number of Topliss-reactive ketones (excluding diaryl/α,β-unsaturated/α-hetero) is 1. The molecule has 28 heavy (non-hydrogen) atoms. The molecule has 2 heterocycles. The predicted molar refractivity (Wildman–Crippen MR) is 112 cm³/mol. The second-order valence-electron chi connectivity index (χ2n) is 7.00. The smallest absolute Gasteiger partial charge is 0.223 e. The molecule has 4 rings (SSSR count). The molecular weight excluding hydrogens is 372 g/mol. The molecule has 1 aliphatic rings. The molecule has 1 amide bonds. The highest BCUT2D eigenvalue weighted by Gasteiger charge is 2.20. The van der Waals surface area contributed by atoms with Crippen LogP contribution in [0.1, 0.15) is 35.2 Å². The maximum atomic E-state index is 12.5. The Hall–Kier alpha value is -2.85. The Kier molecular flexibility index (Phi) is 5.31. The summed E-state index contributed by atoms with van der Waals surface area (Å²) < 4.78 is 0. The standard InChI is InChI=1S/C23H21ClN2O2/c24-18-7-5-17(6-8-18)22(27)9-10-23(28)26-13-11-16(12-14-26)20-15-25-21-4-2-1-3-19(20)21/h1-8,11,15,25H,9-10,12-14H2. The van der Waals surface area contributed by atoms with Crippen molar-refractivity contribution in [3.8, 4) is 0 Å². The van der Waals surface area contributed by atoms with Gasteiger partial charge in [-0.1, -0.05) is 35.9 Å². The van der Waals surface area contributed by atoms with E-state index < -0.39 is 0 Å². The molecule has 142 valence electrons. The zero-order valence-electron chi connectivity index (χ0n) is 15.5. The number of nitrogens with one attached hydrogen (secondary N) is 1. The molecule has 0 atom stereocenters. The Morgan fingerprint density at radius 3 is 2.57 bits per heavy atom. The zero-order valence-corrected chi connectivity index (χ0v) is 16.2. The van der Waals surface area contributed by atoms with Crippen LogP contribution in [0.4, 0.5) is 0 Å². The van der Waals surface area contributed by atoms with Gasteiger partial charge in [0.25, 0.3) is 0 Å². The van der Waals surface area contributed by atoms with E-state index in [-0.39, 0.29) is 24.5 Å². The SMILES string of the molecule is O=C(CCC(=O)N1CC=C(c2c[nH]c3ccccc23)CC1)c1ccc(Cl)cc1. The lowest BCUT2D eigenvalue weighted by molar-refractivity contribution is -0.130. The van der Waals surface area contributed by atoms with E-state index in [9.17, 15) is 9.59 Å². The lowest BCUT2D eigenvalue weighted by atomic mass is 9.98. The largest absolute Gasteiger partial charge is 0.361 e. The van der Waals surface area contributed by atoms with Gasteiger partial charge in [0.15, 0.2) is 5.78 Å². The molecule has 0 saturated carbocycles. The van der Waals surface area contributed by atoms with E-state index >= 15 is 0 Å². The number of H-pyrrole nitrogens is 1. The number of hydrogen-bond donors (Lipinski definition) is 1. The van der Waals surface area contributed by atoms with Gasteiger partial charge in [-0.3, -0.25) is 9.59 Å². The molecule has 1 N–H and O–H groups in total. The molecule has 0 radical (unpaired) electrons. The fraction of sp³-hybridized carbons (Fsp3) is 0.217. The Labute approximate surface area is 168 Å². The molecule has 0 bridgehead atoms. The highest BCUT2D eigenvalue weighted by molar-refractivity contribution is 6.30. The van der Waals surface area contributed by atoms with Gasteiger partial charge in [0.1, 0.15) is 0 Å². The minimum atomic E-state index is -0.0305. The topological polar surface area (TPSA) is 53.2 Å². The van der Waals surface area contributed by atoms with Gasteiger partial charge in [-0.2, -0.15) is 0 Å². The van der Waals surface area contributed by atoms with Crippen molar-refractivity contribution in [3.63, 3.8) is 0 Å². The molecule has 0 aliphatic carbocycles.